The maximum atomic E-state index is 13.0. The lowest BCUT2D eigenvalue weighted by molar-refractivity contribution is -0.00656. The molecule has 196 valence electrons. The van der Waals surface area contributed by atoms with Crippen LogP contribution in [0.1, 0.15) is 43.3 Å². The molecule has 7 nitrogen and oxygen atoms in total. The Morgan fingerprint density at radius 1 is 1.09 bits per heavy atom. The number of nitrogens with zero attached hydrogens (tertiary/aromatic N) is 2. The Labute approximate surface area is 220 Å². The summed E-state index contributed by atoms with van der Waals surface area (Å²) in [7, 11) is 5.83. The van der Waals surface area contributed by atoms with Gasteiger partial charge in [-0.1, -0.05) is 0 Å². The van der Waals surface area contributed by atoms with Crippen LogP contribution in [0.15, 0.2) is 24.3 Å². The quantitative estimate of drug-likeness (QED) is 0.449. The van der Waals surface area contributed by atoms with E-state index >= 15 is 0 Å². The van der Waals surface area contributed by atoms with Crippen molar-refractivity contribution in [3.8, 4) is 21.9 Å². The molecule has 0 spiro atoms. The lowest BCUT2D eigenvalue weighted by Gasteiger charge is -2.42. The molecule has 1 fully saturated rings. The number of carbonyl (C=O) groups excluding carboxylic acids is 1. The van der Waals surface area contributed by atoms with Crippen molar-refractivity contribution in [3.63, 3.8) is 0 Å². The van der Waals surface area contributed by atoms with Crippen LogP contribution in [0.2, 0.25) is 0 Å². The van der Waals surface area contributed by atoms with E-state index < -0.39 is 0 Å². The van der Waals surface area contributed by atoms with Crippen LogP contribution in [0.3, 0.4) is 0 Å². The Kier molecular flexibility index (Phi) is 11.1. The molecule has 1 saturated heterocycles. The zero-order valence-corrected chi connectivity index (χ0v) is 23.4. The second-order valence-corrected chi connectivity index (χ2v) is 9.76. The van der Waals surface area contributed by atoms with E-state index in [9.17, 15) is 4.79 Å². The van der Waals surface area contributed by atoms with Gasteiger partial charge in [-0.3, -0.25) is 4.79 Å². The highest BCUT2D eigenvalue weighted by molar-refractivity contribution is 7.17. The monoisotopic (exact) mass is 525 g/mol. The zero-order chi connectivity index (χ0) is 24.7. The van der Waals surface area contributed by atoms with Gasteiger partial charge in [0.2, 0.25) is 0 Å². The van der Waals surface area contributed by atoms with Gasteiger partial charge < -0.3 is 29.3 Å². The van der Waals surface area contributed by atoms with E-state index in [0.29, 0.717) is 18.0 Å². The summed E-state index contributed by atoms with van der Waals surface area (Å²) < 4.78 is 17.4. The van der Waals surface area contributed by atoms with E-state index in [1.165, 1.54) is 11.3 Å². The van der Waals surface area contributed by atoms with Gasteiger partial charge in [-0.15, -0.1) is 23.7 Å². The lowest BCUT2D eigenvalue weighted by atomic mass is 9.88. The molecule has 1 aromatic heterocycles. The summed E-state index contributed by atoms with van der Waals surface area (Å²) in [6.45, 7) is 10.6. The number of halogens is 1. The van der Waals surface area contributed by atoms with Gasteiger partial charge in [0.15, 0.2) is 11.5 Å². The van der Waals surface area contributed by atoms with E-state index in [1.54, 1.807) is 7.11 Å². The fourth-order valence-corrected chi connectivity index (χ4v) is 5.46. The summed E-state index contributed by atoms with van der Waals surface area (Å²) >= 11 is 1.47. The number of carbonyl (C=O) groups is 1. The molecule has 1 aromatic carbocycles. The Bertz CT molecular complexity index is 956. The molecule has 35 heavy (non-hydrogen) atoms. The standard InChI is InChI=1S/C26H39N3O4S.ClH/c1-7-29(8-2)20-11-10-19(23(33-9-3)24(20)31-6)21-12-13-22(34-21)25(30)27-18-26(28(4)5)14-16-32-17-15-26;/h10-13H,7-9,14-18H2,1-6H3,(H,27,30);1H. The van der Waals surface area contributed by atoms with Gasteiger partial charge in [0, 0.05) is 48.8 Å². The Morgan fingerprint density at radius 3 is 2.34 bits per heavy atom. The minimum atomic E-state index is -0.0657. The number of benzene rings is 1. The van der Waals surface area contributed by atoms with Gasteiger partial charge in [0.05, 0.1) is 24.3 Å². The number of hydrogen-bond acceptors (Lipinski definition) is 7. The first-order valence-corrected chi connectivity index (χ1v) is 12.9. The molecule has 0 bridgehead atoms. The SMILES string of the molecule is CCOc1c(-c2ccc(C(=O)NCC3(N(C)C)CCOCC3)s2)ccc(N(CC)CC)c1OC.Cl. The summed E-state index contributed by atoms with van der Waals surface area (Å²) in [5, 5.41) is 3.17. The van der Waals surface area contributed by atoms with Crippen LogP contribution in [0.25, 0.3) is 10.4 Å². The minimum Gasteiger partial charge on any atom is -0.491 e. The first kappa shape index (κ1) is 29.2. The van der Waals surface area contributed by atoms with Crippen LogP contribution in [-0.2, 0) is 4.74 Å². The number of rotatable bonds is 11. The van der Waals surface area contributed by atoms with E-state index in [4.69, 9.17) is 14.2 Å². The first-order valence-electron chi connectivity index (χ1n) is 12.1. The molecule has 1 N–H and O–H groups in total. The van der Waals surface area contributed by atoms with E-state index in [-0.39, 0.29) is 23.9 Å². The second kappa shape index (κ2) is 13.3. The Morgan fingerprint density at radius 2 is 1.77 bits per heavy atom. The molecular weight excluding hydrogens is 486 g/mol. The molecule has 0 aliphatic carbocycles. The summed E-state index contributed by atoms with van der Waals surface area (Å²) in [4.78, 5) is 19.2. The third-order valence-corrected chi connectivity index (χ3v) is 7.85. The van der Waals surface area contributed by atoms with Crippen molar-refractivity contribution in [1.82, 2.24) is 10.2 Å². The molecule has 1 aliphatic heterocycles. The van der Waals surface area contributed by atoms with Gasteiger partial charge in [0.1, 0.15) is 0 Å². The largest absolute Gasteiger partial charge is 0.491 e. The molecule has 1 amide bonds. The van der Waals surface area contributed by atoms with E-state index in [0.717, 1.165) is 66.8 Å². The predicted octanol–water partition coefficient (Wildman–Crippen LogP) is 4.93. The van der Waals surface area contributed by atoms with Crippen LogP contribution in [0, 0.1) is 0 Å². The summed E-state index contributed by atoms with van der Waals surface area (Å²) in [6.07, 6.45) is 1.82. The van der Waals surface area contributed by atoms with Crippen LogP contribution in [0.4, 0.5) is 5.69 Å². The number of thiophene rings is 1. The number of likely N-dealkylation sites (N-methyl/N-ethyl adjacent to an activating group) is 1. The number of anilines is 1. The fourth-order valence-electron chi connectivity index (χ4n) is 4.51. The molecule has 3 rings (SSSR count). The normalized spacial score (nSPS) is 14.8. The highest BCUT2D eigenvalue weighted by Crippen LogP contribution is 2.46. The van der Waals surface area contributed by atoms with Crippen LogP contribution < -0.4 is 19.7 Å². The highest BCUT2D eigenvalue weighted by atomic mass is 35.5. The molecule has 2 aromatic rings. The summed E-state index contributed by atoms with van der Waals surface area (Å²) in [5.74, 6) is 1.40. The number of amides is 1. The average Bonchev–Trinajstić information content (AvgIpc) is 3.34. The highest BCUT2D eigenvalue weighted by Gasteiger charge is 2.35. The van der Waals surface area contributed by atoms with Crippen LogP contribution in [0.5, 0.6) is 11.5 Å². The second-order valence-electron chi connectivity index (χ2n) is 8.68. The van der Waals surface area contributed by atoms with Crippen molar-refractivity contribution < 1.29 is 19.0 Å². The van der Waals surface area contributed by atoms with Crippen molar-refractivity contribution in [2.24, 2.45) is 0 Å². The van der Waals surface area contributed by atoms with Crippen LogP contribution in [-0.4, -0.2) is 77.0 Å². The van der Waals surface area contributed by atoms with Gasteiger partial charge >= 0.3 is 0 Å². The van der Waals surface area contributed by atoms with E-state index in [1.807, 2.05) is 19.1 Å². The van der Waals surface area contributed by atoms with Gasteiger partial charge in [-0.25, -0.2) is 0 Å². The van der Waals surface area contributed by atoms with Crippen LogP contribution >= 0.6 is 23.7 Å². The summed E-state index contributed by atoms with van der Waals surface area (Å²) in [5.41, 5.74) is 1.89. The maximum absolute atomic E-state index is 13.0. The van der Waals surface area contributed by atoms with Crippen molar-refractivity contribution in [2.75, 3.05) is 65.6 Å². The molecular formula is C26H40ClN3O4S. The maximum Gasteiger partial charge on any atom is 0.261 e. The van der Waals surface area contributed by atoms with Crippen molar-refractivity contribution >= 4 is 35.3 Å². The number of methoxy groups -OCH3 is 1. The smallest absolute Gasteiger partial charge is 0.261 e. The van der Waals surface area contributed by atoms with Gasteiger partial charge in [0.25, 0.3) is 5.91 Å². The average molecular weight is 526 g/mol. The van der Waals surface area contributed by atoms with Gasteiger partial charge in [-0.2, -0.15) is 0 Å². The van der Waals surface area contributed by atoms with Crippen molar-refractivity contribution in [3.05, 3.63) is 29.1 Å². The number of ether oxygens (including phenoxy) is 3. The predicted molar refractivity (Wildman–Crippen MR) is 147 cm³/mol. The third-order valence-electron chi connectivity index (χ3n) is 6.73. The molecule has 1 aliphatic rings. The summed E-state index contributed by atoms with van der Waals surface area (Å²) in [6, 6.07) is 8.03. The van der Waals surface area contributed by atoms with Crippen molar-refractivity contribution in [2.45, 2.75) is 39.2 Å². The zero-order valence-electron chi connectivity index (χ0n) is 21.8. The molecule has 0 radical (unpaired) electrons. The molecule has 2 heterocycles. The number of nitrogens with one attached hydrogen (secondary N) is 1. The fraction of sp³-hybridized carbons (Fsp3) is 0.577. The molecule has 9 heteroatoms. The first-order chi connectivity index (χ1) is 16.4. The molecule has 0 atom stereocenters. The topological polar surface area (TPSA) is 63.3 Å². The van der Waals surface area contributed by atoms with Crippen molar-refractivity contribution in [1.29, 1.82) is 0 Å². The Hall–Kier alpha value is -2.00. The number of hydrogen-bond donors (Lipinski definition) is 1. The van der Waals surface area contributed by atoms with Gasteiger partial charge in [-0.05, 0) is 72.0 Å². The Balaban J connectivity index is 0.00000432. The third kappa shape index (κ3) is 6.42. The minimum absolute atomic E-state index is 0. The van der Waals surface area contributed by atoms with E-state index in [2.05, 4.69) is 55.2 Å². The molecule has 0 unspecified atom stereocenters. The lowest BCUT2D eigenvalue weighted by Crippen LogP contribution is -2.55. The molecule has 0 saturated carbocycles.